The molecular weight excluding hydrogens is 276 g/mol. The van der Waals surface area contributed by atoms with Crippen molar-refractivity contribution in [3.05, 3.63) is 18.5 Å². The first-order valence-corrected chi connectivity index (χ1v) is 8.46. The Balaban J connectivity index is 1.89. The van der Waals surface area contributed by atoms with Crippen molar-refractivity contribution in [2.75, 3.05) is 18.5 Å². The second kappa shape index (κ2) is 5.31. The topological polar surface area (TPSA) is 88.3 Å². The van der Waals surface area contributed by atoms with E-state index in [-0.39, 0.29) is 4.90 Å². The summed E-state index contributed by atoms with van der Waals surface area (Å²) in [5, 5.41) is 0. The maximum atomic E-state index is 12.8. The summed E-state index contributed by atoms with van der Waals surface area (Å²) < 4.78 is 27.3. The highest BCUT2D eigenvalue weighted by Gasteiger charge is 2.36. The molecule has 2 aliphatic rings. The molecule has 1 heterocycles. The molecule has 2 saturated carbocycles. The van der Waals surface area contributed by atoms with Crippen LogP contribution >= 0.6 is 0 Å². The van der Waals surface area contributed by atoms with Gasteiger partial charge in [0.25, 0.3) is 0 Å². The van der Waals surface area contributed by atoms with Crippen LogP contribution in [0.2, 0.25) is 0 Å². The molecule has 0 atom stereocenters. The molecule has 6 nitrogen and oxygen atoms in total. The van der Waals surface area contributed by atoms with Gasteiger partial charge in [0.05, 0.1) is 5.69 Å². The summed E-state index contributed by atoms with van der Waals surface area (Å²) in [5.41, 5.74) is 2.85. The van der Waals surface area contributed by atoms with Gasteiger partial charge in [0, 0.05) is 25.5 Å². The average Bonchev–Trinajstić information content (AvgIpc) is 3.33. The third-order valence-electron chi connectivity index (χ3n) is 3.88. The first-order valence-electron chi connectivity index (χ1n) is 7.02. The number of nitrogen functional groups attached to an aromatic ring is 1. The van der Waals surface area contributed by atoms with E-state index in [0.717, 1.165) is 25.7 Å². The molecule has 2 fully saturated rings. The van der Waals surface area contributed by atoms with E-state index in [1.165, 1.54) is 12.4 Å². The van der Waals surface area contributed by atoms with Crippen molar-refractivity contribution in [1.82, 2.24) is 9.29 Å². The molecule has 20 heavy (non-hydrogen) atoms. The Morgan fingerprint density at radius 3 is 2.35 bits per heavy atom. The lowest BCUT2D eigenvalue weighted by molar-refractivity contribution is 0.382. The highest BCUT2D eigenvalue weighted by molar-refractivity contribution is 7.89. The maximum absolute atomic E-state index is 12.8. The predicted molar refractivity (Wildman–Crippen MR) is 76.3 cm³/mol. The first-order chi connectivity index (χ1) is 9.61. The lowest BCUT2D eigenvalue weighted by Gasteiger charge is -2.23. The Labute approximate surface area is 119 Å². The van der Waals surface area contributed by atoms with Crippen LogP contribution in [0.1, 0.15) is 25.7 Å². The number of hydrazine groups is 1. The van der Waals surface area contributed by atoms with Crippen LogP contribution in [-0.2, 0) is 10.0 Å². The van der Waals surface area contributed by atoms with Crippen LogP contribution < -0.4 is 11.3 Å². The van der Waals surface area contributed by atoms with Gasteiger partial charge >= 0.3 is 0 Å². The van der Waals surface area contributed by atoms with E-state index in [0.29, 0.717) is 30.6 Å². The number of pyridine rings is 1. The van der Waals surface area contributed by atoms with Gasteiger partial charge < -0.3 is 5.43 Å². The maximum Gasteiger partial charge on any atom is 0.246 e. The van der Waals surface area contributed by atoms with Crippen LogP contribution in [0.25, 0.3) is 0 Å². The third kappa shape index (κ3) is 2.94. The number of sulfonamides is 1. The van der Waals surface area contributed by atoms with Crippen LogP contribution in [0.15, 0.2) is 23.4 Å². The fourth-order valence-electron chi connectivity index (χ4n) is 2.29. The number of anilines is 1. The minimum atomic E-state index is -3.53. The summed E-state index contributed by atoms with van der Waals surface area (Å²) in [5.74, 6) is 6.46. The van der Waals surface area contributed by atoms with Crippen molar-refractivity contribution in [2.24, 2.45) is 17.7 Å². The number of nitrogens with zero attached hydrogens (tertiary/aromatic N) is 2. The molecule has 0 saturated heterocycles. The van der Waals surface area contributed by atoms with Gasteiger partial charge in [0.15, 0.2) is 0 Å². The summed E-state index contributed by atoms with van der Waals surface area (Å²) in [6.07, 6.45) is 7.42. The molecule has 110 valence electrons. The Kier molecular flexibility index (Phi) is 3.66. The number of nitrogens with one attached hydrogen (secondary N) is 1. The van der Waals surface area contributed by atoms with Gasteiger partial charge in [-0.15, -0.1) is 0 Å². The largest absolute Gasteiger partial charge is 0.323 e. The number of nitrogens with two attached hydrogens (primary N) is 1. The number of aromatic nitrogens is 1. The Hall–Kier alpha value is -1.18. The van der Waals surface area contributed by atoms with Crippen molar-refractivity contribution in [3.8, 4) is 0 Å². The minimum Gasteiger partial charge on any atom is -0.323 e. The highest BCUT2D eigenvalue weighted by atomic mass is 32.2. The molecule has 0 aliphatic heterocycles. The smallest absolute Gasteiger partial charge is 0.246 e. The zero-order valence-electron chi connectivity index (χ0n) is 11.3. The summed E-state index contributed by atoms with van der Waals surface area (Å²) in [6, 6.07) is 1.58. The fraction of sp³-hybridized carbons (Fsp3) is 0.615. The minimum absolute atomic E-state index is 0.170. The predicted octanol–water partition coefficient (Wildman–Crippen LogP) is 1.18. The lowest BCUT2D eigenvalue weighted by Crippen LogP contribution is -2.35. The van der Waals surface area contributed by atoms with E-state index in [1.54, 1.807) is 10.4 Å². The van der Waals surface area contributed by atoms with Crippen molar-refractivity contribution in [1.29, 1.82) is 0 Å². The summed E-state index contributed by atoms with van der Waals surface area (Å²) in [7, 11) is -3.53. The van der Waals surface area contributed by atoms with Crippen molar-refractivity contribution in [3.63, 3.8) is 0 Å². The van der Waals surface area contributed by atoms with Gasteiger partial charge in [-0.25, -0.2) is 8.42 Å². The van der Waals surface area contributed by atoms with E-state index < -0.39 is 10.0 Å². The molecule has 0 radical (unpaired) electrons. The Bertz CT molecular complexity index is 568. The molecule has 0 unspecified atom stereocenters. The van der Waals surface area contributed by atoms with Crippen molar-refractivity contribution in [2.45, 2.75) is 30.6 Å². The number of rotatable bonds is 7. The standard InChI is InChI=1S/C13H20N4O2S/c14-16-12-5-6-15-7-13(12)20(18,19)17(8-10-1-2-10)9-11-3-4-11/h5-7,10-11H,1-4,8-9,14H2,(H,15,16). The SMILES string of the molecule is NNc1ccncc1S(=O)(=O)N(CC1CC1)CC1CC1. The van der Waals surface area contributed by atoms with E-state index in [4.69, 9.17) is 5.84 Å². The molecule has 0 aromatic carbocycles. The van der Waals surface area contributed by atoms with Crippen LogP contribution in [0.3, 0.4) is 0 Å². The van der Waals surface area contributed by atoms with Crippen LogP contribution in [0.5, 0.6) is 0 Å². The molecule has 3 N–H and O–H groups in total. The third-order valence-corrected chi connectivity index (χ3v) is 5.73. The average molecular weight is 296 g/mol. The normalized spacial score (nSPS) is 19.3. The molecular formula is C13H20N4O2S. The zero-order valence-corrected chi connectivity index (χ0v) is 12.1. The molecule has 7 heteroatoms. The van der Waals surface area contributed by atoms with E-state index in [9.17, 15) is 8.42 Å². The van der Waals surface area contributed by atoms with Crippen molar-refractivity contribution >= 4 is 15.7 Å². The quantitative estimate of drug-likeness (QED) is 0.582. The zero-order chi connectivity index (χ0) is 14.2. The van der Waals surface area contributed by atoms with E-state index >= 15 is 0 Å². The van der Waals surface area contributed by atoms with Crippen LogP contribution in [-0.4, -0.2) is 30.8 Å². The molecule has 3 rings (SSSR count). The molecule has 1 aromatic rings. The summed E-state index contributed by atoms with van der Waals surface area (Å²) in [6.45, 7) is 1.25. The van der Waals surface area contributed by atoms with Crippen LogP contribution in [0, 0.1) is 11.8 Å². The number of hydrogen-bond acceptors (Lipinski definition) is 5. The Morgan fingerprint density at radius 1 is 1.25 bits per heavy atom. The van der Waals surface area contributed by atoms with Gasteiger partial charge in [0.2, 0.25) is 10.0 Å². The molecule has 0 spiro atoms. The van der Waals surface area contributed by atoms with Gasteiger partial charge in [-0.3, -0.25) is 10.8 Å². The van der Waals surface area contributed by atoms with Gasteiger partial charge in [-0.1, -0.05) is 0 Å². The molecule has 0 amide bonds. The fourth-order valence-corrected chi connectivity index (χ4v) is 3.98. The Morgan fingerprint density at radius 2 is 1.85 bits per heavy atom. The molecule has 1 aromatic heterocycles. The van der Waals surface area contributed by atoms with Gasteiger partial charge in [-0.05, 0) is 43.6 Å². The highest BCUT2D eigenvalue weighted by Crippen LogP contribution is 2.36. The monoisotopic (exact) mass is 296 g/mol. The summed E-state index contributed by atoms with van der Waals surface area (Å²) in [4.78, 5) is 4.10. The van der Waals surface area contributed by atoms with Crippen molar-refractivity contribution < 1.29 is 8.42 Å². The first kappa shape index (κ1) is 13.8. The van der Waals surface area contributed by atoms with Gasteiger partial charge in [0.1, 0.15) is 4.90 Å². The second-order valence-corrected chi connectivity index (χ2v) is 7.63. The van der Waals surface area contributed by atoms with Gasteiger partial charge in [-0.2, -0.15) is 4.31 Å². The number of hydrogen-bond donors (Lipinski definition) is 2. The van der Waals surface area contributed by atoms with Crippen LogP contribution in [0.4, 0.5) is 5.69 Å². The molecule has 0 bridgehead atoms. The second-order valence-electron chi connectivity index (χ2n) is 5.72. The lowest BCUT2D eigenvalue weighted by atomic mass is 10.4. The molecule has 2 aliphatic carbocycles. The van der Waals surface area contributed by atoms with E-state index in [1.807, 2.05) is 0 Å². The summed E-state index contributed by atoms with van der Waals surface area (Å²) >= 11 is 0. The van der Waals surface area contributed by atoms with E-state index in [2.05, 4.69) is 10.4 Å².